The monoisotopic (exact) mass is 274 g/mol. The maximum atomic E-state index is 12.7. The summed E-state index contributed by atoms with van der Waals surface area (Å²) in [6.45, 7) is 2.47. The Morgan fingerprint density at radius 2 is 1.95 bits per heavy atom. The predicted molar refractivity (Wildman–Crippen MR) is 73.5 cm³/mol. The lowest BCUT2D eigenvalue weighted by molar-refractivity contribution is -0.115. The first-order chi connectivity index (χ1) is 9.63. The molecule has 1 heterocycles. The summed E-state index contributed by atoms with van der Waals surface area (Å²) in [6.07, 6.45) is 3.34. The van der Waals surface area contributed by atoms with E-state index in [1.807, 2.05) is 6.92 Å². The van der Waals surface area contributed by atoms with Crippen molar-refractivity contribution in [1.29, 1.82) is 0 Å². The van der Waals surface area contributed by atoms with Gasteiger partial charge in [0.2, 0.25) is 5.91 Å². The van der Waals surface area contributed by atoms with Crippen molar-refractivity contribution < 1.29 is 9.18 Å². The number of amides is 1. The molecule has 20 heavy (non-hydrogen) atoms. The number of carbonyl (C=O) groups is 1. The second-order valence-corrected chi connectivity index (χ2v) is 4.31. The van der Waals surface area contributed by atoms with E-state index >= 15 is 0 Å². The first-order valence-electron chi connectivity index (χ1n) is 6.17. The average molecular weight is 274 g/mol. The molecule has 0 aliphatic carbocycles. The highest BCUT2D eigenvalue weighted by Gasteiger charge is 2.02. The van der Waals surface area contributed by atoms with E-state index in [4.69, 9.17) is 0 Å². The molecule has 104 valence electrons. The maximum absolute atomic E-state index is 12.7. The van der Waals surface area contributed by atoms with E-state index in [1.165, 1.54) is 24.3 Å². The molecule has 0 saturated carbocycles. The molecular formula is C14H15FN4O. The second-order valence-electron chi connectivity index (χ2n) is 4.31. The molecular weight excluding hydrogens is 259 g/mol. The van der Waals surface area contributed by atoms with Crippen molar-refractivity contribution in [2.45, 2.75) is 13.5 Å². The predicted octanol–water partition coefficient (Wildman–Crippen LogP) is 1.65. The summed E-state index contributed by atoms with van der Waals surface area (Å²) in [6, 6.07) is 5.62. The van der Waals surface area contributed by atoms with Crippen LogP contribution in [0.25, 0.3) is 0 Å². The van der Waals surface area contributed by atoms with Gasteiger partial charge in [0.1, 0.15) is 5.82 Å². The Morgan fingerprint density at radius 1 is 1.20 bits per heavy atom. The van der Waals surface area contributed by atoms with Gasteiger partial charge in [0.25, 0.3) is 0 Å². The molecule has 0 spiro atoms. The number of carbonyl (C=O) groups excluding carboxylic acids is 1. The molecule has 1 aromatic carbocycles. The largest absolute Gasteiger partial charge is 0.325 e. The second kappa shape index (κ2) is 6.72. The van der Waals surface area contributed by atoms with E-state index in [-0.39, 0.29) is 18.3 Å². The van der Waals surface area contributed by atoms with Crippen molar-refractivity contribution >= 4 is 11.6 Å². The fourth-order valence-corrected chi connectivity index (χ4v) is 1.55. The zero-order valence-electron chi connectivity index (χ0n) is 11.1. The van der Waals surface area contributed by atoms with Gasteiger partial charge in [0.05, 0.1) is 17.9 Å². The molecule has 1 aromatic heterocycles. The normalized spacial score (nSPS) is 10.3. The molecule has 0 atom stereocenters. The van der Waals surface area contributed by atoms with Crippen LogP contribution >= 0.6 is 0 Å². The number of halogens is 1. The summed E-state index contributed by atoms with van der Waals surface area (Å²) < 4.78 is 12.7. The Morgan fingerprint density at radius 3 is 2.60 bits per heavy atom. The van der Waals surface area contributed by atoms with Crippen molar-refractivity contribution in [2.75, 3.05) is 11.9 Å². The highest BCUT2D eigenvalue weighted by molar-refractivity contribution is 5.92. The number of aryl methyl sites for hydroxylation is 1. The number of hydrogen-bond acceptors (Lipinski definition) is 4. The number of nitrogens with zero attached hydrogens (tertiary/aromatic N) is 2. The smallest absolute Gasteiger partial charge is 0.238 e. The van der Waals surface area contributed by atoms with E-state index in [2.05, 4.69) is 20.6 Å². The van der Waals surface area contributed by atoms with Crippen LogP contribution in [0.1, 0.15) is 11.4 Å². The summed E-state index contributed by atoms with van der Waals surface area (Å²) in [7, 11) is 0. The Kier molecular flexibility index (Phi) is 4.73. The molecule has 2 aromatic rings. The molecule has 2 N–H and O–H groups in total. The van der Waals surface area contributed by atoms with E-state index in [0.29, 0.717) is 12.2 Å². The maximum Gasteiger partial charge on any atom is 0.238 e. The van der Waals surface area contributed by atoms with Crippen LogP contribution in [0.2, 0.25) is 0 Å². The Balaban J connectivity index is 1.75. The Hall–Kier alpha value is -2.34. The van der Waals surface area contributed by atoms with Gasteiger partial charge in [-0.05, 0) is 31.2 Å². The number of aromatic nitrogens is 2. The van der Waals surface area contributed by atoms with E-state index in [0.717, 1.165) is 11.4 Å². The van der Waals surface area contributed by atoms with Crippen molar-refractivity contribution in [3.8, 4) is 0 Å². The zero-order valence-corrected chi connectivity index (χ0v) is 11.1. The van der Waals surface area contributed by atoms with Gasteiger partial charge in [-0.25, -0.2) is 4.39 Å². The highest BCUT2D eigenvalue weighted by atomic mass is 19.1. The van der Waals surface area contributed by atoms with Crippen molar-refractivity contribution in [1.82, 2.24) is 15.3 Å². The van der Waals surface area contributed by atoms with Gasteiger partial charge < -0.3 is 10.6 Å². The number of rotatable bonds is 5. The minimum absolute atomic E-state index is 0.146. The van der Waals surface area contributed by atoms with Gasteiger partial charge in [-0.15, -0.1) is 0 Å². The van der Waals surface area contributed by atoms with Crippen LogP contribution < -0.4 is 10.6 Å². The Labute approximate surface area is 116 Å². The summed E-state index contributed by atoms with van der Waals surface area (Å²) in [5, 5.41) is 5.62. The van der Waals surface area contributed by atoms with E-state index in [9.17, 15) is 9.18 Å². The SMILES string of the molecule is Cc1cnc(CNCC(=O)Nc2ccc(F)cc2)cn1. The molecule has 0 unspecified atom stereocenters. The average Bonchev–Trinajstić information content (AvgIpc) is 2.44. The summed E-state index contributed by atoms with van der Waals surface area (Å²) in [5.74, 6) is -0.532. The molecule has 0 saturated heterocycles. The first-order valence-corrected chi connectivity index (χ1v) is 6.17. The van der Waals surface area contributed by atoms with E-state index in [1.54, 1.807) is 12.4 Å². The summed E-state index contributed by atoms with van der Waals surface area (Å²) in [4.78, 5) is 19.9. The summed E-state index contributed by atoms with van der Waals surface area (Å²) in [5.41, 5.74) is 2.18. The van der Waals surface area contributed by atoms with Crippen LogP contribution in [0.4, 0.5) is 10.1 Å². The lowest BCUT2D eigenvalue weighted by Crippen LogP contribution is -2.28. The van der Waals surface area contributed by atoms with Crippen LogP contribution in [-0.4, -0.2) is 22.4 Å². The van der Waals surface area contributed by atoms with Crippen LogP contribution in [0, 0.1) is 12.7 Å². The molecule has 5 nitrogen and oxygen atoms in total. The fraction of sp³-hybridized carbons (Fsp3) is 0.214. The van der Waals surface area contributed by atoms with Crippen molar-refractivity contribution in [3.63, 3.8) is 0 Å². The number of hydrogen-bond donors (Lipinski definition) is 2. The molecule has 0 bridgehead atoms. The van der Waals surface area contributed by atoms with Crippen LogP contribution in [0.3, 0.4) is 0 Å². The fourth-order valence-electron chi connectivity index (χ4n) is 1.55. The third-order valence-corrected chi connectivity index (χ3v) is 2.55. The van der Waals surface area contributed by atoms with Crippen molar-refractivity contribution in [3.05, 3.63) is 53.9 Å². The minimum Gasteiger partial charge on any atom is -0.325 e. The van der Waals surface area contributed by atoms with Gasteiger partial charge in [0.15, 0.2) is 0 Å². The molecule has 0 aliphatic rings. The first kappa shape index (κ1) is 14.1. The third-order valence-electron chi connectivity index (χ3n) is 2.55. The van der Waals surface area contributed by atoms with E-state index < -0.39 is 0 Å². The lowest BCUT2D eigenvalue weighted by atomic mass is 10.3. The van der Waals surface area contributed by atoms with Gasteiger partial charge >= 0.3 is 0 Å². The number of anilines is 1. The van der Waals surface area contributed by atoms with Gasteiger partial charge in [-0.1, -0.05) is 0 Å². The van der Waals surface area contributed by atoms with Crippen LogP contribution in [0.15, 0.2) is 36.7 Å². The third kappa shape index (κ3) is 4.40. The topological polar surface area (TPSA) is 66.9 Å². The summed E-state index contributed by atoms with van der Waals surface area (Å²) >= 11 is 0. The van der Waals surface area contributed by atoms with Gasteiger partial charge in [-0.2, -0.15) is 0 Å². The van der Waals surface area contributed by atoms with Gasteiger partial charge in [-0.3, -0.25) is 14.8 Å². The Bertz CT molecular complexity index is 569. The zero-order chi connectivity index (χ0) is 14.4. The van der Waals surface area contributed by atoms with Gasteiger partial charge in [0, 0.05) is 24.6 Å². The minimum atomic E-state index is -0.334. The number of nitrogens with one attached hydrogen (secondary N) is 2. The molecule has 1 amide bonds. The number of benzene rings is 1. The van der Waals surface area contributed by atoms with Crippen molar-refractivity contribution in [2.24, 2.45) is 0 Å². The van der Waals surface area contributed by atoms with Crippen LogP contribution in [-0.2, 0) is 11.3 Å². The quantitative estimate of drug-likeness (QED) is 0.870. The highest BCUT2D eigenvalue weighted by Crippen LogP contribution is 2.07. The molecule has 0 fully saturated rings. The molecule has 2 rings (SSSR count). The lowest BCUT2D eigenvalue weighted by Gasteiger charge is -2.06. The molecule has 0 radical (unpaired) electrons. The molecule has 6 heteroatoms. The van der Waals surface area contributed by atoms with Crippen LogP contribution in [0.5, 0.6) is 0 Å². The standard InChI is InChI=1S/C14H15FN4O/c1-10-6-18-13(8-17-10)7-16-9-14(20)19-12-4-2-11(15)3-5-12/h2-6,8,16H,7,9H2,1H3,(H,19,20). The molecule has 0 aliphatic heterocycles.